The Labute approximate surface area is 325 Å². The fourth-order valence-electron chi connectivity index (χ4n) is 6.78. The van der Waals surface area contributed by atoms with Crippen LogP contribution in [0.4, 0.5) is 14.5 Å². The highest BCUT2D eigenvalue weighted by Gasteiger charge is 2.59. The minimum Gasteiger partial charge on any atom is -0.495 e. The number of carboxylic acid groups (broad SMARTS) is 2. The van der Waals surface area contributed by atoms with E-state index in [-0.39, 0.29) is 38.2 Å². The Morgan fingerprint density at radius 3 is 2.36 bits per heavy atom. The number of rotatable bonds is 15. The van der Waals surface area contributed by atoms with Crippen LogP contribution in [0, 0.1) is 22.5 Å². The molecule has 294 valence electrons. The number of ether oxygens (including phenoxy) is 2. The third-order valence-electron chi connectivity index (χ3n) is 9.17. The van der Waals surface area contributed by atoms with E-state index in [9.17, 15) is 29.1 Å². The van der Waals surface area contributed by atoms with Crippen molar-refractivity contribution in [3.8, 4) is 5.75 Å². The van der Waals surface area contributed by atoms with Crippen molar-refractivity contribution < 1.29 is 52.4 Å². The van der Waals surface area contributed by atoms with Crippen LogP contribution in [0.15, 0.2) is 54.6 Å². The molecule has 4 rings (SSSR count). The van der Waals surface area contributed by atoms with Crippen LogP contribution in [0.25, 0.3) is 0 Å². The Bertz CT molecular complexity index is 1990. The van der Waals surface area contributed by atoms with Gasteiger partial charge in [-0.3, -0.25) is 14.4 Å². The lowest BCUT2D eigenvalue weighted by atomic mass is 9.62. The number of hydrogen-bond acceptors (Lipinski definition) is 9. The number of hydrogen-bond donors (Lipinski definition) is 6. The number of nitrogens with one attached hydrogen (secondary N) is 4. The van der Waals surface area contributed by atoms with Crippen molar-refractivity contribution in [1.82, 2.24) is 10.6 Å². The van der Waals surface area contributed by atoms with Gasteiger partial charge < -0.3 is 41.0 Å². The van der Waals surface area contributed by atoms with E-state index in [1.54, 1.807) is 0 Å². The van der Waals surface area contributed by atoms with Crippen molar-refractivity contribution >= 4 is 64.8 Å². The molecule has 0 spiro atoms. The second-order valence-electron chi connectivity index (χ2n) is 14.2. The largest absolute Gasteiger partial charge is 0.495 e. The molecule has 0 radical (unpaired) electrons. The van der Waals surface area contributed by atoms with Crippen LogP contribution in [-0.4, -0.2) is 78.0 Å². The van der Waals surface area contributed by atoms with Crippen molar-refractivity contribution in [3.05, 3.63) is 93.0 Å². The molecule has 1 saturated heterocycles. The van der Waals surface area contributed by atoms with Crippen LogP contribution in [0.1, 0.15) is 67.4 Å². The van der Waals surface area contributed by atoms with Gasteiger partial charge in [-0.15, -0.1) is 0 Å². The van der Waals surface area contributed by atoms with E-state index in [1.807, 2.05) is 20.8 Å². The quantitative estimate of drug-likeness (QED) is 0.0786. The van der Waals surface area contributed by atoms with E-state index in [4.69, 9.17) is 43.2 Å². The molecular formula is C38H40Cl2F2N4O9. The lowest BCUT2D eigenvalue weighted by Crippen LogP contribution is -2.46. The van der Waals surface area contributed by atoms with Gasteiger partial charge in [0.05, 0.1) is 34.8 Å². The molecule has 17 heteroatoms. The van der Waals surface area contributed by atoms with Gasteiger partial charge in [-0.1, -0.05) is 62.2 Å². The highest BCUT2D eigenvalue weighted by molar-refractivity contribution is 6.31. The monoisotopic (exact) mass is 804 g/mol. The standard InChI is InChI=1S/C38H40Cl2F2N4O9/c1-37(2,3)16-28-38(18-43,22-10-9-20(39)15-24(22)41)31(21-6-5-7-23(40)32(21)42)33(46-28)34(50)45-25-11-8-19(14-27(25)54-4)36(53)55-17-29(47)44-26(35(51)52)12-13-30(48)49/h5-11,14-15,18,26,28,31,33,43,46H,12-13,16-17H2,1-4H3,(H,44,47)(H,45,50)(H,48,49)(H,51,52)/t26-,28-,31-,33+,38-/m0/s1. The zero-order valence-electron chi connectivity index (χ0n) is 30.2. The van der Waals surface area contributed by atoms with E-state index in [0.29, 0.717) is 6.42 Å². The van der Waals surface area contributed by atoms with Gasteiger partial charge in [0.1, 0.15) is 23.4 Å². The molecule has 55 heavy (non-hydrogen) atoms. The SMILES string of the molecule is COc1cc(C(=O)OCC(=O)N[C@@H](CCC(=O)O)C(=O)O)ccc1NC(=O)[C@@H]1N[C@@H](CC(C)(C)C)[C@](C=N)(c2ccc(Cl)cc2F)[C@H]1c1cccc(Cl)c1F. The number of carbonyl (C=O) groups excluding carboxylic acids is 3. The molecule has 1 aliphatic heterocycles. The summed E-state index contributed by atoms with van der Waals surface area (Å²) >= 11 is 12.4. The summed E-state index contributed by atoms with van der Waals surface area (Å²) in [4.78, 5) is 61.7. The number of amides is 2. The van der Waals surface area contributed by atoms with Gasteiger partial charge in [-0.25, -0.2) is 18.4 Å². The molecule has 3 aromatic carbocycles. The molecular weight excluding hydrogens is 765 g/mol. The molecule has 6 N–H and O–H groups in total. The van der Waals surface area contributed by atoms with Gasteiger partial charge in [0.15, 0.2) is 6.61 Å². The maximum absolute atomic E-state index is 16.0. The first-order chi connectivity index (χ1) is 25.8. The molecule has 2 amide bonds. The molecule has 3 aromatic rings. The number of benzene rings is 3. The summed E-state index contributed by atoms with van der Waals surface area (Å²) in [6.45, 7) is 4.92. The smallest absolute Gasteiger partial charge is 0.338 e. The third-order valence-corrected chi connectivity index (χ3v) is 9.69. The Kier molecular flexibility index (Phi) is 13.6. The van der Waals surface area contributed by atoms with Crippen molar-refractivity contribution in [3.63, 3.8) is 0 Å². The summed E-state index contributed by atoms with van der Waals surface area (Å²) in [5.41, 5.74) is -2.15. The highest BCUT2D eigenvalue weighted by atomic mass is 35.5. The zero-order chi connectivity index (χ0) is 40.8. The lowest BCUT2D eigenvalue weighted by Gasteiger charge is -2.40. The van der Waals surface area contributed by atoms with Crippen molar-refractivity contribution in [2.45, 2.75) is 69.5 Å². The van der Waals surface area contributed by atoms with Crippen molar-refractivity contribution in [1.29, 1.82) is 5.41 Å². The van der Waals surface area contributed by atoms with E-state index in [1.165, 1.54) is 55.6 Å². The molecule has 0 aromatic heterocycles. The number of methoxy groups -OCH3 is 1. The van der Waals surface area contributed by atoms with Gasteiger partial charge in [0, 0.05) is 35.2 Å². The molecule has 0 bridgehead atoms. The first-order valence-corrected chi connectivity index (χ1v) is 17.7. The van der Waals surface area contributed by atoms with E-state index >= 15 is 8.78 Å². The first kappa shape index (κ1) is 42.6. The normalized spacial score (nSPS) is 19.9. The summed E-state index contributed by atoms with van der Waals surface area (Å²) in [5.74, 6) is -8.30. The molecule has 0 aliphatic carbocycles. The maximum Gasteiger partial charge on any atom is 0.338 e. The van der Waals surface area contributed by atoms with Crippen LogP contribution in [0.5, 0.6) is 5.75 Å². The first-order valence-electron chi connectivity index (χ1n) is 16.9. The van der Waals surface area contributed by atoms with E-state index in [2.05, 4.69) is 16.0 Å². The van der Waals surface area contributed by atoms with Crippen LogP contribution >= 0.6 is 23.2 Å². The lowest BCUT2D eigenvalue weighted by molar-refractivity contribution is -0.143. The number of halogens is 4. The summed E-state index contributed by atoms with van der Waals surface area (Å²) in [5, 5.41) is 34.9. The second kappa shape index (κ2) is 17.6. The van der Waals surface area contributed by atoms with Crippen LogP contribution in [0.2, 0.25) is 10.0 Å². The molecule has 5 atom stereocenters. The fourth-order valence-corrected chi connectivity index (χ4v) is 7.12. The minimum absolute atomic E-state index is 0.0150. The Hall–Kier alpha value is -5.12. The third kappa shape index (κ3) is 9.77. The number of aliphatic carboxylic acids is 2. The van der Waals surface area contributed by atoms with Crippen molar-refractivity contribution in [2.24, 2.45) is 5.41 Å². The Morgan fingerprint density at radius 1 is 1.05 bits per heavy atom. The van der Waals surface area contributed by atoms with E-state index < -0.39 is 95.7 Å². The van der Waals surface area contributed by atoms with Crippen LogP contribution in [0.3, 0.4) is 0 Å². The minimum atomic E-state index is -1.64. The zero-order valence-corrected chi connectivity index (χ0v) is 31.7. The average molecular weight is 806 g/mol. The van der Waals surface area contributed by atoms with Gasteiger partial charge in [0.25, 0.3) is 5.91 Å². The van der Waals surface area contributed by atoms with Crippen LogP contribution < -0.4 is 20.7 Å². The topological polar surface area (TPSA) is 204 Å². The Balaban J connectivity index is 1.67. The summed E-state index contributed by atoms with van der Waals surface area (Å²) in [6, 6.07) is 8.41. The number of esters is 1. The summed E-state index contributed by atoms with van der Waals surface area (Å²) in [7, 11) is 1.26. The molecule has 0 unspecified atom stereocenters. The van der Waals surface area contributed by atoms with Gasteiger partial charge >= 0.3 is 17.9 Å². The molecule has 0 saturated carbocycles. The van der Waals surface area contributed by atoms with Crippen molar-refractivity contribution in [2.75, 3.05) is 19.0 Å². The predicted octanol–water partition coefficient (Wildman–Crippen LogP) is 5.96. The van der Waals surface area contributed by atoms with E-state index in [0.717, 1.165) is 12.3 Å². The number of carbonyl (C=O) groups is 5. The van der Waals surface area contributed by atoms with Gasteiger partial charge in [-0.2, -0.15) is 0 Å². The van der Waals surface area contributed by atoms with Gasteiger partial charge in [-0.05, 0) is 60.2 Å². The highest BCUT2D eigenvalue weighted by Crippen LogP contribution is 2.52. The second-order valence-corrected chi connectivity index (χ2v) is 15.0. The summed E-state index contributed by atoms with van der Waals surface area (Å²) in [6.07, 6.45) is 0.429. The number of carboxylic acids is 2. The maximum atomic E-state index is 16.0. The Morgan fingerprint density at radius 2 is 1.76 bits per heavy atom. The predicted molar refractivity (Wildman–Crippen MR) is 199 cm³/mol. The van der Waals surface area contributed by atoms with Gasteiger partial charge in [0.2, 0.25) is 5.91 Å². The molecule has 1 aliphatic rings. The molecule has 1 heterocycles. The average Bonchev–Trinajstić information content (AvgIpc) is 3.42. The summed E-state index contributed by atoms with van der Waals surface area (Å²) < 4.78 is 42.5. The molecule has 1 fully saturated rings. The number of anilines is 1. The van der Waals surface area contributed by atoms with Crippen LogP contribution in [-0.2, 0) is 29.3 Å². The molecule has 13 nitrogen and oxygen atoms in total. The fraction of sp³-hybridized carbons (Fsp3) is 0.368.